The van der Waals surface area contributed by atoms with E-state index < -0.39 is 10.8 Å². The molecule has 2 atom stereocenters. The van der Waals surface area contributed by atoms with Gasteiger partial charge >= 0.3 is 5.97 Å². The highest BCUT2D eigenvalue weighted by molar-refractivity contribution is 7.85. The van der Waals surface area contributed by atoms with E-state index in [1.807, 2.05) is 12.1 Å². The Hall–Kier alpha value is -2.52. The van der Waals surface area contributed by atoms with Crippen molar-refractivity contribution in [3.05, 3.63) is 41.1 Å². The molecule has 1 N–H and O–H groups in total. The van der Waals surface area contributed by atoms with E-state index >= 15 is 0 Å². The first-order valence-corrected chi connectivity index (χ1v) is 13.5. The number of nitrogens with one attached hydrogen (secondary N) is 1. The van der Waals surface area contributed by atoms with Gasteiger partial charge < -0.3 is 19.7 Å². The largest absolute Gasteiger partial charge is 0.465 e. The minimum absolute atomic E-state index is 0.278. The van der Waals surface area contributed by atoms with Gasteiger partial charge in [0.2, 0.25) is 5.95 Å². The quantitative estimate of drug-likeness (QED) is 0.647. The number of carbonyl (C=O) groups excluding carboxylic acids is 1. The van der Waals surface area contributed by atoms with E-state index in [4.69, 9.17) is 19.4 Å². The van der Waals surface area contributed by atoms with Crippen LogP contribution in [0.25, 0.3) is 0 Å². The molecule has 2 saturated heterocycles. The fraction of sp³-hybridized carbons (Fsp3) is 0.560. The molecule has 1 aromatic heterocycles. The number of aryl methyl sites for hydroxylation is 1. The molecule has 2 unspecified atom stereocenters. The maximum Gasteiger partial charge on any atom is 0.337 e. The number of nitrogens with zero attached hydrogens (tertiary/aromatic N) is 3. The second kappa shape index (κ2) is 10.4. The first-order chi connectivity index (χ1) is 16.6. The Morgan fingerprint density at radius 3 is 2.85 bits per heavy atom. The van der Waals surface area contributed by atoms with E-state index in [-0.39, 0.29) is 12.0 Å². The summed E-state index contributed by atoms with van der Waals surface area (Å²) in [6.07, 6.45) is 5.62. The molecule has 4 heterocycles. The number of hydrogen-bond donors (Lipinski definition) is 1. The van der Waals surface area contributed by atoms with Crippen LogP contribution in [0.2, 0.25) is 0 Å². The van der Waals surface area contributed by atoms with E-state index in [1.165, 1.54) is 12.7 Å². The summed E-state index contributed by atoms with van der Waals surface area (Å²) >= 11 is 0. The molecular weight excluding hydrogens is 452 g/mol. The number of methoxy groups -OCH3 is 1. The normalized spacial score (nSPS) is 23.3. The van der Waals surface area contributed by atoms with Gasteiger partial charge in [-0.05, 0) is 55.7 Å². The van der Waals surface area contributed by atoms with Crippen molar-refractivity contribution in [1.82, 2.24) is 9.97 Å². The molecule has 0 aliphatic carbocycles. The van der Waals surface area contributed by atoms with Gasteiger partial charge in [0, 0.05) is 44.5 Å². The minimum atomic E-state index is -1.04. The third-order valence-electron chi connectivity index (χ3n) is 7.03. The van der Waals surface area contributed by atoms with E-state index in [2.05, 4.69) is 16.3 Å². The van der Waals surface area contributed by atoms with E-state index in [9.17, 15) is 9.00 Å². The van der Waals surface area contributed by atoms with Gasteiger partial charge in [-0.1, -0.05) is 12.1 Å². The third kappa shape index (κ3) is 4.95. The zero-order valence-corrected chi connectivity index (χ0v) is 20.4. The summed E-state index contributed by atoms with van der Waals surface area (Å²) in [6, 6.07) is 8.04. The van der Waals surface area contributed by atoms with Crippen LogP contribution in [0.3, 0.4) is 0 Å². The number of carbonyl (C=O) groups is 1. The molecule has 0 amide bonds. The lowest BCUT2D eigenvalue weighted by molar-refractivity contribution is 0.0600. The molecule has 8 nitrogen and oxygen atoms in total. The fourth-order valence-corrected chi connectivity index (χ4v) is 6.43. The van der Waals surface area contributed by atoms with Gasteiger partial charge in [0.05, 0.1) is 29.2 Å². The molecule has 0 saturated carbocycles. The maximum atomic E-state index is 12.7. The Labute approximate surface area is 202 Å². The van der Waals surface area contributed by atoms with Gasteiger partial charge in [0.25, 0.3) is 0 Å². The lowest BCUT2D eigenvalue weighted by Gasteiger charge is -2.33. The van der Waals surface area contributed by atoms with E-state index in [0.717, 1.165) is 87.2 Å². The van der Waals surface area contributed by atoms with Crippen molar-refractivity contribution in [1.29, 1.82) is 0 Å². The zero-order chi connectivity index (χ0) is 23.5. The molecule has 34 heavy (non-hydrogen) atoms. The van der Waals surface area contributed by atoms with Gasteiger partial charge in [-0.25, -0.2) is 9.78 Å². The van der Waals surface area contributed by atoms with Crippen LogP contribution < -0.4 is 10.2 Å². The summed E-state index contributed by atoms with van der Waals surface area (Å²) < 4.78 is 23.2. The van der Waals surface area contributed by atoms with Crippen LogP contribution in [-0.2, 0) is 26.7 Å². The zero-order valence-electron chi connectivity index (χ0n) is 19.6. The number of benzene rings is 1. The lowest BCUT2D eigenvalue weighted by atomic mass is 9.88. The standard InChI is InChI=1S/C25H32N4O4S/c1-32-24(30)19-5-2-4-18(16-19)17-7-11-29(12-8-17)25-27-21-10-15-34(31)22(21)23(28-25)26-20-6-3-13-33-14-9-20/h2,4-5,16-17,20H,3,6-15H2,1H3,(H,26,27,28). The number of esters is 1. The van der Waals surface area contributed by atoms with Crippen molar-refractivity contribution in [2.24, 2.45) is 0 Å². The predicted molar refractivity (Wildman–Crippen MR) is 131 cm³/mol. The van der Waals surface area contributed by atoms with Crippen molar-refractivity contribution in [2.45, 2.75) is 55.4 Å². The fourth-order valence-electron chi connectivity index (χ4n) is 5.11. The molecule has 0 radical (unpaired) electrons. The molecule has 2 aromatic rings. The average Bonchev–Trinajstić information content (AvgIpc) is 3.07. The first kappa shape index (κ1) is 23.2. The first-order valence-electron chi connectivity index (χ1n) is 12.2. The summed E-state index contributed by atoms with van der Waals surface area (Å²) in [5.74, 6) is 2.17. The van der Waals surface area contributed by atoms with E-state index in [0.29, 0.717) is 17.2 Å². The smallest absolute Gasteiger partial charge is 0.337 e. The molecule has 0 spiro atoms. The Bertz CT molecular complexity index is 1060. The van der Waals surface area contributed by atoms with Crippen molar-refractivity contribution in [3.63, 3.8) is 0 Å². The number of rotatable bonds is 5. The number of aromatic nitrogens is 2. The molecule has 2 fully saturated rings. The number of piperidine rings is 1. The van der Waals surface area contributed by atoms with Crippen LogP contribution in [0, 0.1) is 0 Å². The highest BCUT2D eigenvalue weighted by Gasteiger charge is 2.30. The average molecular weight is 485 g/mol. The molecule has 0 bridgehead atoms. The number of anilines is 2. The van der Waals surface area contributed by atoms with Crippen LogP contribution in [0.15, 0.2) is 29.2 Å². The SMILES string of the molecule is COC(=O)c1cccc(C2CCN(c3nc4c(c(NC5CCCOCC5)n3)S(=O)CC4)CC2)c1. The van der Waals surface area contributed by atoms with Crippen LogP contribution in [0.1, 0.15) is 59.6 Å². The van der Waals surface area contributed by atoms with Gasteiger partial charge in [-0.2, -0.15) is 4.98 Å². The minimum Gasteiger partial charge on any atom is -0.465 e. The number of fused-ring (bicyclic) bond motifs is 1. The molecular formula is C25H32N4O4S. The monoisotopic (exact) mass is 484 g/mol. The van der Waals surface area contributed by atoms with Crippen molar-refractivity contribution in [2.75, 3.05) is 49.4 Å². The second-order valence-corrected chi connectivity index (χ2v) is 10.7. The van der Waals surface area contributed by atoms with Gasteiger partial charge in [-0.3, -0.25) is 4.21 Å². The predicted octanol–water partition coefficient (Wildman–Crippen LogP) is 3.29. The Kier molecular flexibility index (Phi) is 7.10. The van der Waals surface area contributed by atoms with E-state index in [1.54, 1.807) is 6.07 Å². The maximum absolute atomic E-state index is 12.7. The molecule has 1 aromatic carbocycles. The van der Waals surface area contributed by atoms with Gasteiger partial charge in [-0.15, -0.1) is 0 Å². The van der Waals surface area contributed by atoms with Crippen molar-refractivity contribution < 1.29 is 18.5 Å². The summed E-state index contributed by atoms with van der Waals surface area (Å²) in [6.45, 7) is 3.22. The molecule has 3 aliphatic heterocycles. The van der Waals surface area contributed by atoms with Crippen molar-refractivity contribution >= 4 is 28.5 Å². The highest BCUT2D eigenvalue weighted by atomic mass is 32.2. The topological polar surface area (TPSA) is 93.7 Å². The summed E-state index contributed by atoms with van der Waals surface area (Å²) in [7, 11) is 0.365. The summed E-state index contributed by atoms with van der Waals surface area (Å²) in [5, 5.41) is 3.59. The van der Waals surface area contributed by atoms with Crippen LogP contribution >= 0.6 is 0 Å². The molecule has 3 aliphatic rings. The van der Waals surface area contributed by atoms with Gasteiger partial charge in [0.1, 0.15) is 10.7 Å². The molecule has 182 valence electrons. The molecule has 9 heteroatoms. The second-order valence-electron chi connectivity index (χ2n) is 9.21. The lowest BCUT2D eigenvalue weighted by Crippen LogP contribution is -2.35. The number of hydrogen-bond acceptors (Lipinski definition) is 8. The van der Waals surface area contributed by atoms with Crippen molar-refractivity contribution in [3.8, 4) is 0 Å². The summed E-state index contributed by atoms with van der Waals surface area (Å²) in [5.41, 5.74) is 2.69. The highest BCUT2D eigenvalue weighted by Crippen LogP contribution is 2.34. The molecule has 5 rings (SSSR count). The Morgan fingerprint density at radius 2 is 2.03 bits per heavy atom. The number of ether oxygens (including phenoxy) is 2. The van der Waals surface area contributed by atoms with Crippen LogP contribution in [-0.4, -0.2) is 65.4 Å². The Morgan fingerprint density at radius 1 is 1.18 bits per heavy atom. The third-order valence-corrected chi connectivity index (χ3v) is 8.48. The van der Waals surface area contributed by atoms with Crippen LogP contribution in [0.4, 0.5) is 11.8 Å². The van der Waals surface area contributed by atoms with Gasteiger partial charge in [0.15, 0.2) is 0 Å². The van der Waals surface area contributed by atoms with Crippen LogP contribution in [0.5, 0.6) is 0 Å². The Balaban J connectivity index is 1.32. The summed E-state index contributed by atoms with van der Waals surface area (Å²) in [4.78, 5) is 24.7.